The average Bonchev–Trinajstić information content (AvgIpc) is 3.58. The summed E-state index contributed by atoms with van der Waals surface area (Å²) in [5, 5.41) is 14.0. The number of hydrogen-bond donors (Lipinski definition) is 0. The second-order valence-electron chi connectivity index (χ2n) is 12.0. The molecule has 3 aliphatic heterocycles. The quantitative estimate of drug-likeness (QED) is 0.209. The van der Waals surface area contributed by atoms with Crippen molar-refractivity contribution in [2.24, 2.45) is 0 Å². The molecule has 0 N–H and O–H groups in total. The SMILES string of the molecule is C=CC(=O)N1CC[C@@H]2[C@H]1CN2c1c(CC#N)c(OCC2CCCN2C)nc2cc(-c3cccc4cccc(Cl)c34)c(Cl)cc12. The summed E-state index contributed by atoms with van der Waals surface area (Å²) in [5.74, 6) is 0.444. The number of carbonyl (C=O) groups is 1. The fourth-order valence-corrected chi connectivity index (χ4v) is 7.88. The Labute approximate surface area is 267 Å². The molecule has 0 radical (unpaired) electrons. The number of ether oxygens (including phenoxy) is 1. The van der Waals surface area contributed by atoms with E-state index < -0.39 is 0 Å². The number of fused-ring (bicyclic) bond motifs is 3. The van der Waals surface area contributed by atoms with E-state index in [0.717, 1.165) is 69.9 Å². The minimum atomic E-state index is -0.0416. The first kappa shape index (κ1) is 28.9. The van der Waals surface area contributed by atoms with Gasteiger partial charge in [-0.25, -0.2) is 4.98 Å². The van der Waals surface area contributed by atoms with Gasteiger partial charge in [0, 0.05) is 45.5 Å². The summed E-state index contributed by atoms with van der Waals surface area (Å²) < 4.78 is 6.50. The molecule has 3 saturated heterocycles. The zero-order valence-corrected chi connectivity index (χ0v) is 26.1. The van der Waals surface area contributed by atoms with E-state index in [1.165, 1.54) is 6.08 Å². The number of likely N-dealkylation sites (N-methyl/N-ethyl adjacent to an activating group) is 1. The molecule has 9 heteroatoms. The third-order valence-corrected chi connectivity index (χ3v) is 10.3. The lowest BCUT2D eigenvalue weighted by molar-refractivity contribution is -0.127. The van der Waals surface area contributed by atoms with Gasteiger partial charge in [-0.1, -0.05) is 60.1 Å². The fraction of sp³-hybridized carbons (Fsp3) is 0.343. The highest BCUT2D eigenvalue weighted by molar-refractivity contribution is 6.38. The first-order chi connectivity index (χ1) is 21.4. The van der Waals surface area contributed by atoms with Gasteiger partial charge in [-0.2, -0.15) is 5.26 Å². The number of nitriles is 1. The van der Waals surface area contributed by atoms with Crippen molar-refractivity contribution in [2.45, 2.75) is 43.8 Å². The summed E-state index contributed by atoms with van der Waals surface area (Å²) in [7, 11) is 2.12. The standard InChI is InChI=1S/C35H33Cl2N5O2/c1-3-32(43)41-16-13-30-31(41)19-42(30)34-24(12-14-38)35(44-20-22-9-6-15-40(22)2)39-29-18-25(28(37)17-26(29)34)23-10-4-7-21-8-5-11-27(36)33(21)23/h3-5,7-8,10-11,17-18,22,30-31H,1,6,9,12-13,15-16,19-20H2,2H3/t22?,30-,31-/m1/s1. The van der Waals surface area contributed by atoms with E-state index in [4.69, 9.17) is 32.9 Å². The molecule has 0 spiro atoms. The Morgan fingerprint density at radius 3 is 2.68 bits per heavy atom. The van der Waals surface area contributed by atoms with Crippen LogP contribution in [-0.2, 0) is 11.2 Å². The molecule has 44 heavy (non-hydrogen) atoms. The van der Waals surface area contributed by atoms with E-state index >= 15 is 0 Å². The third kappa shape index (κ3) is 4.77. The second kappa shape index (κ2) is 11.6. The Hall–Kier alpha value is -3.83. The van der Waals surface area contributed by atoms with Gasteiger partial charge in [-0.3, -0.25) is 4.79 Å². The Morgan fingerprint density at radius 1 is 1.11 bits per heavy atom. The van der Waals surface area contributed by atoms with Crippen LogP contribution in [0.25, 0.3) is 32.8 Å². The smallest absolute Gasteiger partial charge is 0.246 e. The second-order valence-corrected chi connectivity index (χ2v) is 12.8. The van der Waals surface area contributed by atoms with Crippen LogP contribution in [-0.4, -0.2) is 72.1 Å². The molecule has 1 unspecified atom stereocenters. The molecular formula is C35H33Cl2N5O2. The zero-order chi connectivity index (χ0) is 30.5. The first-order valence-electron chi connectivity index (χ1n) is 15.1. The number of carbonyl (C=O) groups excluding carboxylic acids is 1. The number of hydrogen-bond acceptors (Lipinski definition) is 6. The predicted molar refractivity (Wildman–Crippen MR) is 177 cm³/mol. The van der Waals surface area contributed by atoms with E-state index in [2.05, 4.69) is 29.5 Å². The van der Waals surface area contributed by atoms with E-state index in [9.17, 15) is 10.1 Å². The molecule has 1 aromatic heterocycles. The Balaban J connectivity index is 1.39. The molecule has 3 aromatic carbocycles. The predicted octanol–water partition coefficient (Wildman–Crippen LogP) is 6.88. The number of rotatable bonds is 7. The number of benzene rings is 3. The van der Waals surface area contributed by atoms with Crippen molar-refractivity contribution in [3.8, 4) is 23.1 Å². The van der Waals surface area contributed by atoms with Crippen molar-refractivity contribution >= 4 is 56.5 Å². The van der Waals surface area contributed by atoms with Gasteiger partial charge >= 0.3 is 0 Å². The molecule has 1 amide bonds. The number of aromatic nitrogens is 1. The summed E-state index contributed by atoms with van der Waals surface area (Å²) >= 11 is 13.8. The lowest BCUT2D eigenvalue weighted by atomic mass is 9.91. The molecule has 3 fully saturated rings. The Bertz CT molecular complexity index is 1850. The van der Waals surface area contributed by atoms with Crippen LogP contribution in [0.2, 0.25) is 10.0 Å². The van der Waals surface area contributed by atoms with Gasteiger partial charge in [0.2, 0.25) is 11.8 Å². The molecule has 7 rings (SSSR count). The van der Waals surface area contributed by atoms with Gasteiger partial charge in [0.25, 0.3) is 0 Å². The maximum absolute atomic E-state index is 12.5. The zero-order valence-electron chi connectivity index (χ0n) is 24.6. The largest absolute Gasteiger partial charge is 0.476 e. The molecular weight excluding hydrogens is 593 g/mol. The van der Waals surface area contributed by atoms with E-state index in [0.29, 0.717) is 41.7 Å². The number of amides is 1. The van der Waals surface area contributed by atoms with Crippen LogP contribution in [0.4, 0.5) is 5.69 Å². The van der Waals surface area contributed by atoms with Crippen LogP contribution in [0.1, 0.15) is 24.8 Å². The highest BCUT2D eigenvalue weighted by Gasteiger charge is 2.49. The number of pyridine rings is 1. The van der Waals surface area contributed by atoms with Crippen molar-refractivity contribution in [1.29, 1.82) is 5.26 Å². The highest BCUT2D eigenvalue weighted by atomic mass is 35.5. The van der Waals surface area contributed by atoms with Crippen LogP contribution in [0.3, 0.4) is 0 Å². The fourth-order valence-electron chi connectivity index (χ4n) is 7.33. The maximum Gasteiger partial charge on any atom is 0.246 e. The van der Waals surface area contributed by atoms with Gasteiger partial charge < -0.3 is 19.4 Å². The van der Waals surface area contributed by atoms with Crippen molar-refractivity contribution in [1.82, 2.24) is 14.8 Å². The van der Waals surface area contributed by atoms with Crippen LogP contribution >= 0.6 is 23.2 Å². The summed E-state index contributed by atoms with van der Waals surface area (Å²) in [6, 6.07) is 18.8. The van der Waals surface area contributed by atoms with Gasteiger partial charge in [0.05, 0.1) is 41.3 Å². The summed E-state index contributed by atoms with van der Waals surface area (Å²) in [6.45, 7) is 6.57. The van der Waals surface area contributed by atoms with E-state index in [1.807, 2.05) is 53.4 Å². The maximum atomic E-state index is 12.5. The average molecular weight is 627 g/mol. The van der Waals surface area contributed by atoms with Gasteiger partial charge in [-0.05, 0) is 68.1 Å². The monoisotopic (exact) mass is 625 g/mol. The molecule has 3 atom stereocenters. The lowest BCUT2D eigenvalue weighted by Gasteiger charge is -2.49. The normalized spacial score (nSPS) is 21.4. The molecule has 4 heterocycles. The Kier molecular flexibility index (Phi) is 7.62. The minimum Gasteiger partial charge on any atom is -0.476 e. The topological polar surface area (TPSA) is 72.7 Å². The molecule has 0 saturated carbocycles. The molecule has 4 aromatic rings. The van der Waals surface area contributed by atoms with Crippen LogP contribution in [0, 0.1) is 11.3 Å². The van der Waals surface area contributed by atoms with Crippen molar-refractivity contribution in [3.05, 3.63) is 76.8 Å². The molecule has 0 bridgehead atoms. The number of halogens is 2. The Morgan fingerprint density at radius 2 is 1.93 bits per heavy atom. The van der Waals surface area contributed by atoms with Crippen molar-refractivity contribution < 1.29 is 9.53 Å². The summed E-state index contributed by atoms with van der Waals surface area (Å²) in [4.78, 5) is 24.1. The van der Waals surface area contributed by atoms with Crippen molar-refractivity contribution in [2.75, 3.05) is 38.2 Å². The molecule has 224 valence electrons. The van der Waals surface area contributed by atoms with Crippen LogP contribution in [0.5, 0.6) is 5.88 Å². The van der Waals surface area contributed by atoms with Gasteiger partial charge in [-0.15, -0.1) is 0 Å². The van der Waals surface area contributed by atoms with Crippen LogP contribution in [0.15, 0.2) is 61.2 Å². The van der Waals surface area contributed by atoms with Crippen LogP contribution < -0.4 is 9.64 Å². The van der Waals surface area contributed by atoms with Gasteiger partial charge in [0.1, 0.15) is 6.61 Å². The first-order valence-corrected chi connectivity index (χ1v) is 15.9. The van der Waals surface area contributed by atoms with Crippen molar-refractivity contribution in [3.63, 3.8) is 0 Å². The third-order valence-electron chi connectivity index (χ3n) is 9.63. The number of likely N-dealkylation sites (tertiary alicyclic amines) is 2. The number of anilines is 1. The highest BCUT2D eigenvalue weighted by Crippen LogP contribution is 2.47. The van der Waals surface area contributed by atoms with Gasteiger partial charge in [0.15, 0.2) is 0 Å². The summed E-state index contributed by atoms with van der Waals surface area (Å²) in [5.41, 5.74) is 4.18. The van der Waals surface area contributed by atoms with E-state index in [1.54, 1.807) is 0 Å². The molecule has 3 aliphatic rings. The molecule has 7 nitrogen and oxygen atoms in total. The number of nitrogens with zero attached hydrogens (tertiary/aromatic N) is 5. The minimum absolute atomic E-state index is 0.0416. The molecule has 0 aliphatic carbocycles. The van der Waals surface area contributed by atoms with E-state index in [-0.39, 0.29) is 24.4 Å². The lowest BCUT2D eigenvalue weighted by Crippen LogP contribution is -2.63. The summed E-state index contributed by atoms with van der Waals surface area (Å²) in [6.07, 6.45) is 4.58.